The summed E-state index contributed by atoms with van der Waals surface area (Å²) >= 11 is 0. The lowest BCUT2D eigenvalue weighted by Gasteiger charge is -2.32. The molecule has 0 radical (unpaired) electrons. The van der Waals surface area contributed by atoms with Crippen molar-refractivity contribution >= 4 is 52.1 Å². The minimum absolute atomic E-state index is 0.0250. The highest BCUT2D eigenvalue weighted by atomic mass is 16.6. The zero-order valence-corrected chi connectivity index (χ0v) is 43.9. The number of nitriles is 3. The normalized spacial score (nSPS) is 10.4. The summed E-state index contributed by atoms with van der Waals surface area (Å²) in [5, 5.41) is 43.3. The average Bonchev–Trinajstić information content (AvgIpc) is 3.67. The highest BCUT2D eigenvalue weighted by Gasteiger charge is 2.41. The molecule has 0 unspecified atom stereocenters. The number of nitrogens with zero attached hydrogens (tertiary/aromatic N) is 3. The third-order valence-electron chi connectivity index (χ3n) is 12.9. The molecule has 82 heavy (non-hydrogen) atoms. The van der Waals surface area contributed by atoms with Gasteiger partial charge in [-0.3, -0.25) is 0 Å². The van der Waals surface area contributed by atoms with E-state index in [0.717, 1.165) is 0 Å². The molecule has 0 amide bonds. The zero-order valence-electron chi connectivity index (χ0n) is 43.9. The highest BCUT2D eigenvalue weighted by Crippen LogP contribution is 2.34. The zero-order chi connectivity index (χ0) is 57.7. The van der Waals surface area contributed by atoms with E-state index in [-0.39, 0.29) is 22.3 Å². The van der Waals surface area contributed by atoms with Gasteiger partial charge in [0.05, 0.1) is 0 Å². The van der Waals surface area contributed by atoms with Gasteiger partial charge in [0, 0.05) is 22.3 Å². The van der Waals surface area contributed by atoms with Gasteiger partial charge in [-0.15, -0.1) is 0 Å². The standard InChI is InChI=1S/C69H49N3O10/c70-41-56(59(48-25-9-1-10-26-48)49-27-11-2-12-28-49)65(75)79-44-69(45-80-66(76)57(42-71)60(50-29-13-3-14-30-50)51-31-15-4-16-32-51,46-81-67(77)58(43-72)61(52-33-17-5-18-34-52)53-35-19-6-20-36-53)47-82-68(78)63(64(73)74)62(54-37-21-7-22-38-54)55-39-23-8-24-40-55/h1-40H,44-47H2,(H,73,74). The number of hydrogen-bond acceptors (Lipinski definition) is 12. The molecule has 1 N–H and O–H groups in total. The Bertz CT molecular complexity index is 3380. The lowest BCUT2D eigenvalue weighted by Crippen LogP contribution is -2.44. The molecule has 0 heterocycles. The van der Waals surface area contributed by atoms with E-state index in [1.807, 2.05) is 18.2 Å². The van der Waals surface area contributed by atoms with E-state index < -0.39 is 84.0 Å². The van der Waals surface area contributed by atoms with Gasteiger partial charge in [-0.25, -0.2) is 24.0 Å². The van der Waals surface area contributed by atoms with Crippen molar-refractivity contribution in [1.82, 2.24) is 0 Å². The fourth-order valence-electron chi connectivity index (χ4n) is 8.98. The van der Waals surface area contributed by atoms with Gasteiger partial charge in [0.1, 0.15) is 66.8 Å². The Morgan fingerprint density at radius 2 is 0.488 bits per heavy atom. The van der Waals surface area contributed by atoms with Crippen molar-refractivity contribution in [3.05, 3.63) is 309 Å². The second-order valence-corrected chi connectivity index (χ2v) is 18.4. The first-order valence-electron chi connectivity index (χ1n) is 25.6. The first-order chi connectivity index (χ1) is 40.1. The molecule has 400 valence electrons. The van der Waals surface area contributed by atoms with E-state index in [1.165, 1.54) is 0 Å². The number of rotatable bonds is 21. The van der Waals surface area contributed by atoms with Crippen LogP contribution in [0.3, 0.4) is 0 Å². The number of hydrogen-bond donors (Lipinski definition) is 1. The maximum Gasteiger partial charge on any atom is 0.349 e. The number of benzene rings is 8. The molecule has 0 fully saturated rings. The number of carbonyl (C=O) groups excluding carboxylic acids is 4. The summed E-state index contributed by atoms with van der Waals surface area (Å²) in [5.41, 5.74) is -0.441. The molecular formula is C69H49N3O10. The molecule has 0 saturated carbocycles. The van der Waals surface area contributed by atoms with Crippen LogP contribution < -0.4 is 0 Å². The average molecular weight is 1080 g/mol. The van der Waals surface area contributed by atoms with Gasteiger partial charge in [0.15, 0.2) is 5.57 Å². The van der Waals surface area contributed by atoms with Gasteiger partial charge in [-0.05, 0) is 44.5 Å². The quantitative estimate of drug-likeness (QED) is 0.0177. The molecule has 13 nitrogen and oxygen atoms in total. The lowest BCUT2D eigenvalue weighted by atomic mass is 9.90. The molecule has 8 aromatic carbocycles. The van der Waals surface area contributed by atoms with Crippen molar-refractivity contribution in [2.75, 3.05) is 26.4 Å². The van der Waals surface area contributed by atoms with E-state index in [4.69, 9.17) is 18.9 Å². The second-order valence-electron chi connectivity index (χ2n) is 18.4. The summed E-state index contributed by atoms with van der Waals surface area (Å²) in [5.74, 6) is -6.71. The summed E-state index contributed by atoms with van der Waals surface area (Å²) in [6.45, 7) is -3.92. The van der Waals surface area contributed by atoms with E-state index in [0.29, 0.717) is 44.5 Å². The molecule has 0 aliphatic heterocycles. The van der Waals surface area contributed by atoms with Crippen LogP contribution in [-0.4, -0.2) is 61.4 Å². The molecule has 0 bridgehead atoms. The molecule has 0 atom stereocenters. The third kappa shape index (κ3) is 13.8. The van der Waals surface area contributed by atoms with Crippen molar-refractivity contribution in [2.45, 2.75) is 0 Å². The summed E-state index contributed by atoms with van der Waals surface area (Å²) in [7, 11) is 0. The molecule has 13 heteroatoms. The van der Waals surface area contributed by atoms with Gasteiger partial charge in [-0.1, -0.05) is 243 Å². The monoisotopic (exact) mass is 1080 g/mol. The van der Waals surface area contributed by atoms with E-state index in [9.17, 15) is 44.9 Å². The smallest absolute Gasteiger partial charge is 0.349 e. The first kappa shape index (κ1) is 56.7. The number of ether oxygens (including phenoxy) is 4. The Labute approximate surface area is 473 Å². The van der Waals surface area contributed by atoms with Crippen LogP contribution in [0.25, 0.3) is 22.3 Å². The SMILES string of the molecule is N#CC(C(=O)OCC(COC(=O)C(C#N)=C(c1ccccc1)c1ccccc1)(COC(=O)C(C#N)=C(c1ccccc1)c1ccccc1)COC(=O)C(C(=O)O)=C(c1ccccc1)c1ccccc1)=C(c1ccccc1)c1ccccc1. The van der Waals surface area contributed by atoms with Gasteiger partial charge in [0.25, 0.3) is 0 Å². The van der Waals surface area contributed by atoms with E-state index in [1.54, 1.807) is 243 Å². The van der Waals surface area contributed by atoms with Crippen LogP contribution >= 0.6 is 0 Å². The molecule has 0 aliphatic carbocycles. The van der Waals surface area contributed by atoms with Crippen LogP contribution in [0.4, 0.5) is 0 Å². The van der Waals surface area contributed by atoms with Crippen LogP contribution in [0.2, 0.25) is 0 Å². The number of carboxylic acid groups (broad SMARTS) is 1. The first-order valence-corrected chi connectivity index (χ1v) is 25.6. The van der Waals surface area contributed by atoms with Gasteiger partial charge < -0.3 is 24.1 Å². The Morgan fingerprint density at radius 3 is 0.671 bits per heavy atom. The van der Waals surface area contributed by atoms with Crippen LogP contribution in [0.1, 0.15) is 44.5 Å². The predicted molar refractivity (Wildman–Crippen MR) is 306 cm³/mol. The number of carboxylic acids is 1. The lowest BCUT2D eigenvalue weighted by molar-refractivity contribution is -0.165. The van der Waals surface area contributed by atoms with Crippen LogP contribution in [0.5, 0.6) is 0 Å². The second kappa shape index (κ2) is 27.7. The molecule has 0 spiro atoms. The number of esters is 4. The van der Waals surface area contributed by atoms with Crippen molar-refractivity contribution in [3.63, 3.8) is 0 Å². The predicted octanol–water partition coefficient (Wildman–Crippen LogP) is 11.8. The maximum atomic E-state index is 14.8. The molecule has 0 saturated heterocycles. The van der Waals surface area contributed by atoms with Gasteiger partial charge >= 0.3 is 29.8 Å². The minimum Gasteiger partial charge on any atom is -0.477 e. The fourth-order valence-corrected chi connectivity index (χ4v) is 8.98. The minimum atomic E-state index is -2.22. The van der Waals surface area contributed by atoms with Crippen LogP contribution in [-0.2, 0) is 42.9 Å². The largest absolute Gasteiger partial charge is 0.477 e. The van der Waals surface area contributed by atoms with E-state index in [2.05, 4.69) is 0 Å². The van der Waals surface area contributed by atoms with Crippen LogP contribution in [0, 0.1) is 39.4 Å². The van der Waals surface area contributed by atoms with Crippen molar-refractivity contribution in [2.24, 2.45) is 5.41 Å². The third-order valence-corrected chi connectivity index (χ3v) is 12.9. The molecule has 0 aromatic heterocycles. The Hall–Kier alpha value is -11.5. The summed E-state index contributed by atoms with van der Waals surface area (Å²) in [6.07, 6.45) is 0. The highest BCUT2D eigenvalue weighted by molar-refractivity contribution is 6.21. The van der Waals surface area contributed by atoms with Crippen LogP contribution in [0.15, 0.2) is 265 Å². The summed E-state index contributed by atoms with van der Waals surface area (Å²) in [6, 6.07) is 74.0. The Morgan fingerprint density at radius 1 is 0.305 bits per heavy atom. The van der Waals surface area contributed by atoms with Gasteiger partial charge in [-0.2, -0.15) is 15.8 Å². The topological polar surface area (TPSA) is 214 Å². The number of carbonyl (C=O) groups is 5. The summed E-state index contributed by atoms with van der Waals surface area (Å²) < 4.78 is 24.1. The van der Waals surface area contributed by atoms with Gasteiger partial charge in [0.2, 0.25) is 0 Å². The van der Waals surface area contributed by atoms with E-state index >= 15 is 0 Å². The number of aliphatic carboxylic acids is 1. The fraction of sp³-hybridized carbons (Fsp3) is 0.0725. The van der Waals surface area contributed by atoms with Crippen molar-refractivity contribution < 1.29 is 48.0 Å². The summed E-state index contributed by atoms with van der Waals surface area (Å²) in [4.78, 5) is 72.4. The maximum absolute atomic E-state index is 14.8. The Balaban J connectivity index is 1.29. The van der Waals surface area contributed by atoms with Crippen molar-refractivity contribution in [3.8, 4) is 18.2 Å². The molecular weight excluding hydrogens is 1030 g/mol. The Kier molecular flexibility index (Phi) is 19.2. The molecule has 8 aromatic rings. The molecule has 0 aliphatic rings. The van der Waals surface area contributed by atoms with Crippen molar-refractivity contribution in [1.29, 1.82) is 15.8 Å². The molecule has 8 rings (SSSR count).